The van der Waals surface area contributed by atoms with Crippen LogP contribution in [0.5, 0.6) is 11.5 Å². The number of halogens is 2. The maximum Gasteiger partial charge on any atom is 0.161 e. The molecule has 0 aliphatic carbocycles. The molecule has 3 nitrogen and oxygen atoms in total. The minimum atomic E-state index is -0.180. The Bertz CT molecular complexity index is 649. The van der Waals surface area contributed by atoms with Crippen LogP contribution in [-0.4, -0.2) is 26.2 Å². The van der Waals surface area contributed by atoms with Crippen LogP contribution in [-0.2, 0) is 13.1 Å². The van der Waals surface area contributed by atoms with Crippen molar-refractivity contribution in [2.24, 2.45) is 0 Å². The van der Waals surface area contributed by atoms with Crippen LogP contribution in [0, 0.1) is 5.82 Å². The highest BCUT2D eigenvalue weighted by atomic mass is 79.9. The SMILES string of the molecule is COc1cc(Br)c(CN(C)Cc2ccccc2F)cc1OC. The molecule has 0 aromatic heterocycles. The lowest BCUT2D eigenvalue weighted by atomic mass is 10.1. The highest BCUT2D eigenvalue weighted by Gasteiger charge is 2.12. The fraction of sp³-hybridized carbons (Fsp3) is 0.294. The lowest BCUT2D eigenvalue weighted by molar-refractivity contribution is 0.310. The van der Waals surface area contributed by atoms with Gasteiger partial charge in [-0.25, -0.2) is 4.39 Å². The number of hydrogen-bond acceptors (Lipinski definition) is 3. The largest absolute Gasteiger partial charge is 0.493 e. The number of benzene rings is 2. The molecule has 0 atom stereocenters. The molecule has 0 heterocycles. The van der Waals surface area contributed by atoms with Gasteiger partial charge in [0.25, 0.3) is 0 Å². The summed E-state index contributed by atoms with van der Waals surface area (Å²) in [6.07, 6.45) is 0. The van der Waals surface area contributed by atoms with Crippen LogP contribution in [0.3, 0.4) is 0 Å². The molecule has 0 amide bonds. The van der Waals surface area contributed by atoms with Gasteiger partial charge in [-0.3, -0.25) is 4.90 Å². The van der Waals surface area contributed by atoms with E-state index in [1.54, 1.807) is 26.4 Å². The third kappa shape index (κ3) is 3.99. The molecule has 2 aromatic carbocycles. The topological polar surface area (TPSA) is 21.7 Å². The summed E-state index contributed by atoms with van der Waals surface area (Å²) < 4.78 is 25.2. The summed E-state index contributed by atoms with van der Waals surface area (Å²) in [5, 5.41) is 0. The minimum Gasteiger partial charge on any atom is -0.493 e. The van der Waals surface area contributed by atoms with Gasteiger partial charge < -0.3 is 9.47 Å². The maximum absolute atomic E-state index is 13.7. The number of methoxy groups -OCH3 is 2. The molecule has 2 rings (SSSR count). The number of hydrogen-bond donors (Lipinski definition) is 0. The lowest BCUT2D eigenvalue weighted by Crippen LogP contribution is -2.18. The second-order valence-corrected chi connectivity index (χ2v) is 5.92. The molecule has 0 saturated heterocycles. The lowest BCUT2D eigenvalue weighted by Gasteiger charge is -2.19. The molecule has 0 aliphatic rings. The average Bonchev–Trinajstić information content (AvgIpc) is 2.51. The van der Waals surface area contributed by atoms with E-state index >= 15 is 0 Å². The first-order valence-electron chi connectivity index (χ1n) is 6.87. The van der Waals surface area contributed by atoms with E-state index in [1.807, 2.05) is 30.1 Å². The summed E-state index contributed by atoms with van der Waals surface area (Å²) in [7, 11) is 5.17. The van der Waals surface area contributed by atoms with Crippen molar-refractivity contribution in [2.45, 2.75) is 13.1 Å². The van der Waals surface area contributed by atoms with Crippen LogP contribution in [0.4, 0.5) is 4.39 Å². The Balaban J connectivity index is 2.14. The Morgan fingerprint density at radius 1 is 1.00 bits per heavy atom. The van der Waals surface area contributed by atoms with Crippen LogP contribution >= 0.6 is 15.9 Å². The van der Waals surface area contributed by atoms with Crippen LogP contribution in [0.2, 0.25) is 0 Å². The summed E-state index contributed by atoms with van der Waals surface area (Å²) in [4.78, 5) is 2.05. The fourth-order valence-corrected chi connectivity index (χ4v) is 2.73. The van der Waals surface area contributed by atoms with Crippen molar-refractivity contribution in [3.63, 3.8) is 0 Å². The zero-order valence-electron chi connectivity index (χ0n) is 12.9. The third-order valence-corrected chi connectivity index (χ3v) is 4.13. The Morgan fingerprint density at radius 3 is 2.23 bits per heavy atom. The molecular formula is C17H19BrFNO2. The standard InChI is InChI=1S/C17H19BrFNO2/c1-20(10-12-6-4-5-7-15(12)19)11-13-8-16(21-2)17(22-3)9-14(13)18/h4-9H,10-11H2,1-3H3. The Labute approximate surface area is 138 Å². The second-order valence-electron chi connectivity index (χ2n) is 5.06. The van der Waals surface area contributed by atoms with Crippen molar-refractivity contribution in [3.8, 4) is 11.5 Å². The molecule has 118 valence electrons. The van der Waals surface area contributed by atoms with Crippen LogP contribution < -0.4 is 9.47 Å². The van der Waals surface area contributed by atoms with Gasteiger partial charge >= 0.3 is 0 Å². The van der Waals surface area contributed by atoms with Gasteiger partial charge in [0, 0.05) is 23.1 Å². The molecule has 0 radical (unpaired) electrons. The van der Waals surface area contributed by atoms with Crippen LogP contribution in [0.15, 0.2) is 40.9 Å². The van der Waals surface area contributed by atoms with E-state index in [9.17, 15) is 4.39 Å². The highest BCUT2D eigenvalue weighted by Crippen LogP contribution is 2.33. The van der Waals surface area contributed by atoms with Crippen LogP contribution in [0.1, 0.15) is 11.1 Å². The number of ether oxygens (including phenoxy) is 2. The minimum absolute atomic E-state index is 0.180. The van der Waals surface area contributed by atoms with E-state index in [-0.39, 0.29) is 5.82 Å². The van der Waals surface area contributed by atoms with Gasteiger partial charge in [0.2, 0.25) is 0 Å². The van der Waals surface area contributed by atoms with Crippen LogP contribution in [0.25, 0.3) is 0 Å². The third-order valence-electron chi connectivity index (χ3n) is 3.39. The van der Waals surface area contributed by atoms with Crippen molar-refractivity contribution in [1.82, 2.24) is 4.90 Å². The van der Waals surface area contributed by atoms with Crippen molar-refractivity contribution in [1.29, 1.82) is 0 Å². The van der Waals surface area contributed by atoms with E-state index < -0.39 is 0 Å². The molecule has 22 heavy (non-hydrogen) atoms. The van der Waals surface area contributed by atoms with Crippen molar-refractivity contribution >= 4 is 15.9 Å². The van der Waals surface area contributed by atoms with E-state index in [4.69, 9.17) is 9.47 Å². The first kappa shape index (κ1) is 16.8. The quantitative estimate of drug-likeness (QED) is 0.762. The van der Waals surface area contributed by atoms with E-state index in [0.29, 0.717) is 30.2 Å². The van der Waals surface area contributed by atoms with Gasteiger partial charge in [-0.1, -0.05) is 34.1 Å². The molecule has 0 fully saturated rings. The van der Waals surface area contributed by atoms with Gasteiger partial charge in [-0.15, -0.1) is 0 Å². The van der Waals surface area contributed by atoms with Crippen molar-refractivity contribution in [2.75, 3.05) is 21.3 Å². The van der Waals surface area contributed by atoms with Gasteiger partial charge in [0.15, 0.2) is 11.5 Å². The fourth-order valence-electron chi connectivity index (χ4n) is 2.28. The molecular weight excluding hydrogens is 349 g/mol. The maximum atomic E-state index is 13.7. The molecule has 2 aromatic rings. The normalized spacial score (nSPS) is 10.8. The van der Waals surface area contributed by atoms with Gasteiger partial charge in [0.05, 0.1) is 14.2 Å². The zero-order valence-corrected chi connectivity index (χ0v) is 14.5. The summed E-state index contributed by atoms with van der Waals surface area (Å²) in [5.74, 6) is 1.18. The van der Waals surface area contributed by atoms with Crippen molar-refractivity contribution < 1.29 is 13.9 Å². The predicted octanol–water partition coefficient (Wildman–Crippen LogP) is 4.24. The monoisotopic (exact) mass is 367 g/mol. The predicted molar refractivity (Wildman–Crippen MR) is 88.8 cm³/mol. The summed E-state index contributed by atoms with van der Waals surface area (Å²) in [5.41, 5.74) is 1.73. The zero-order chi connectivity index (χ0) is 16.1. The number of nitrogens with zero attached hydrogens (tertiary/aromatic N) is 1. The smallest absolute Gasteiger partial charge is 0.161 e. The van der Waals surface area contributed by atoms with Crippen molar-refractivity contribution in [3.05, 3.63) is 57.8 Å². The van der Waals surface area contributed by atoms with Gasteiger partial charge in [0.1, 0.15) is 5.82 Å². The molecule has 0 aliphatic heterocycles. The molecule has 0 unspecified atom stereocenters. The molecule has 0 N–H and O–H groups in total. The van der Waals surface area contributed by atoms with E-state index in [0.717, 1.165) is 10.0 Å². The second kappa shape index (κ2) is 7.61. The average molecular weight is 368 g/mol. The highest BCUT2D eigenvalue weighted by molar-refractivity contribution is 9.10. The van der Waals surface area contributed by atoms with Gasteiger partial charge in [-0.2, -0.15) is 0 Å². The summed E-state index contributed by atoms with van der Waals surface area (Å²) in [6.45, 7) is 1.20. The van der Waals surface area contributed by atoms with Gasteiger partial charge in [-0.05, 0) is 30.8 Å². The number of rotatable bonds is 6. The molecule has 0 saturated carbocycles. The molecule has 5 heteroatoms. The van der Waals surface area contributed by atoms with E-state index in [1.165, 1.54) is 6.07 Å². The first-order chi connectivity index (χ1) is 10.5. The summed E-state index contributed by atoms with van der Waals surface area (Å²) >= 11 is 3.54. The molecule has 0 spiro atoms. The summed E-state index contributed by atoms with van der Waals surface area (Å²) in [6, 6.07) is 10.6. The molecule has 0 bridgehead atoms. The first-order valence-corrected chi connectivity index (χ1v) is 7.66. The van der Waals surface area contributed by atoms with E-state index in [2.05, 4.69) is 15.9 Å². The Kier molecular flexibility index (Phi) is 5.80. The Hall–Kier alpha value is -1.59. The Morgan fingerprint density at radius 2 is 1.59 bits per heavy atom.